The Balaban J connectivity index is 1.51. The van der Waals surface area contributed by atoms with Crippen LogP contribution in [-0.2, 0) is 17.8 Å². The van der Waals surface area contributed by atoms with Gasteiger partial charge in [0.15, 0.2) is 5.16 Å². The molecule has 0 fully saturated rings. The predicted molar refractivity (Wildman–Crippen MR) is 130 cm³/mol. The first-order valence-electron chi connectivity index (χ1n) is 10.7. The zero-order valence-corrected chi connectivity index (χ0v) is 20.2. The van der Waals surface area contributed by atoms with E-state index in [0.29, 0.717) is 36.0 Å². The minimum atomic E-state index is -0.155. The number of aryl methyl sites for hydroxylation is 2. The monoisotopic (exact) mass is 467 g/mol. The van der Waals surface area contributed by atoms with Crippen molar-refractivity contribution in [2.75, 3.05) is 24.7 Å². The standard InChI is InChI=1S/C24H29N5O3S/c1-5-29-21(10-11-25-23(31)18-6-8-20(32-4)9-7-18)27-28-24(29)33-15-22(30)26-19-13-16(2)12-17(3)14-19/h6-9,12-14H,5,10-11,15H2,1-4H3,(H,25,31)(H,26,30). The third kappa shape index (κ3) is 6.82. The second kappa shape index (κ2) is 11.5. The molecule has 1 heterocycles. The molecule has 2 amide bonds. The van der Waals surface area contributed by atoms with Gasteiger partial charge in [0.25, 0.3) is 5.91 Å². The lowest BCUT2D eigenvalue weighted by atomic mass is 10.1. The van der Waals surface area contributed by atoms with E-state index in [-0.39, 0.29) is 17.6 Å². The summed E-state index contributed by atoms with van der Waals surface area (Å²) in [6.45, 7) is 7.11. The Morgan fingerprint density at radius 2 is 1.76 bits per heavy atom. The molecular formula is C24H29N5O3S. The van der Waals surface area contributed by atoms with E-state index in [0.717, 1.165) is 22.6 Å². The average Bonchev–Trinajstić information content (AvgIpc) is 3.18. The van der Waals surface area contributed by atoms with Gasteiger partial charge >= 0.3 is 0 Å². The van der Waals surface area contributed by atoms with Crippen molar-refractivity contribution in [3.05, 3.63) is 65.0 Å². The van der Waals surface area contributed by atoms with Gasteiger partial charge in [-0.25, -0.2) is 0 Å². The number of nitrogens with one attached hydrogen (secondary N) is 2. The van der Waals surface area contributed by atoms with Crippen molar-refractivity contribution >= 4 is 29.3 Å². The van der Waals surface area contributed by atoms with Crippen LogP contribution in [0.25, 0.3) is 0 Å². The van der Waals surface area contributed by atoms with Gasteiger partial charge < -0.3 is 19.9 Å². The van der Waals surface area contributed by atoms with Crippen molar-refractivity contribution in [1.82, 2.24) is 20.1 Å². The lowest BCUT2D eigenvalue weighted by molar-refractivity contribution is -0.113. The molecule has 0 spiro atoms. The van der Waals surface area contributed by atoms with Crippen LogP contribution in [0.3, 0.4) is 0 Å². The van der Waals surface area contributed by atoms with Crippen LogP contribution in [0, 0.1) is 13.8 Å². The van der Waals surface area contributed by atoms with Crippen molar-refractivity contribution in [3.8, 4) is 5.75 Å². The van der Waals surface area contributed by atoms with Crippen molar-refractivity contribution in [3.63, 3.8) is 0 Å². The number of benzene rings is 2. The first-order valence-corrected chi connectivity index (χ1v) is 11.7. The Morgan fingerprint density at radius 1 is 1.06 bits per heavy atom. The number of carbonyl (C=O) groups excluding carboxylic acids is 2. The summed E-state index contributed by atoms with van der Waals surface area (Å²) in [5.74, 6) is 1.46. The first kappa shape index (κ1) is 24.3. The van der Waals surface area contributed by atoms with Crippen LogP contribution in [-0.4, -0.2) is 46.0 Å². The Bertz CT molecular complexity index is 1090. The molecule has 0 saturated heterocycles. The Kier molecular flexibility index (Phi) is 8.48. The lowest BCUT2D eigenvalue weighted by Crippen LogP contribution is -2.26. The Morgan fingerprint density at radius 3 is 2.39 bits per heavy atom. The molecule has 0 saturated carbocycles. The number of aromatic nitrogens is 3. The van der Waals surface area contributed by atoms with Crippen molar-refractivity contribution < 1.29 is 14.3 Å². The average molecular weight is 468 g/mol. The molecule has 33 heavy (non-hydrogen) atoms. The van der Waals surface area contributed by atoms with E-state index < -0.39 is 0 Å². The van der Waals surface area contributed by atoms with Crippen LogP contribution in [0.2, 0.25) is 0 Å². The maximum absolute atomic E-state index is 12.4. The molecule has 0 aliphatic carbocycles. The summed E-state index contributed by atoms with van der Waals surface area (Å²) in [5, 5.41) is 15.0. The number of hydrogen-bond acceptors (Lipinski definition) is 6. The van der Waals surface area contributed by atoms with Gasteiger partial charge in [0.1, 0.15) is 11.6 Å². The molecule has 0 radical (unpaired) electrons. The zero-order valence-electron chi connectivity index (χ0n) is 19.3. The van der Waals surface area contributed by atoms with Crippen molar-refractivity contribution in [2.24, 2.45) is 0 Å². The van der Waals surface area contributed by atoms with Gasteiger partial charge in [-0.2, -0.15) is 0 Å². The fraction of sp³-hybridized carbons (Fsp3) is 0.333. The number of carbonyl (C=O) groups is 2. The SMILES string of the molecule is CCn1c(CCNC(=O)c2ccc(OC)cc2)nnc1SCC(=O)Nc1cc(C)cc(C)c1. The van der Waals surface area contributed by atoms with Crippen LogP contribution in [0.4, 0.5) is 5.69 Å². The first-order chi connectivity index (χ1) is 15.9. The van der Waals surface area contributed by atoms with Gasteiger partial charge in [0.2, 0.25) is 5.91 Å². The van der Waals surface area contributed by atoms with E-state index in [1.54, 1.807) is 31.4 Å². The topological polar surface area (TPSA) is 98.1 Å². The van der Waals surface area contributed by atoms with Crippen LogP contribution in [0.5, 0.6) is 5.75 Å². The second-order valence-electron chi connectivity index (χ2n) is 7.59. The molecule has 3 rings (SSSR count). The molecule has 0 atom stereocenters. The molecule has 0 unspecified atom stereocenters. The number of thioether (sulfide) groups is 1. The number of nitrogens with zero attached hydrogens (tertiary/aromatic N) is 3. The molecule has 174 valence electrons. The fourth-order valence-corrected chi connectivity index (χ4v) is 4.26. The van der Waals surface area contributed by atoms with Gasteiger partial charge in [0.05, 0.1) is 12.9 Å². The summed E-state index contributed by atoms with van der Waals surface area (Å²) in [6, 6.07) is 12.9. The molecule has 0 aliphatic rings. The van der Waals surface area contributed by atoms with Crippen molar-refractivity contribution in [2.45, 2.75) is 38.9 Å². The van der Waals surface area contributed by atoms with E-state index >= 15 is 0 Å². The predicted octanol–water partition coefficient (Wildman–Crippen LogP) is 3.63. The smallest absolute Gasteiger partial charge is 0.251 e. The third-order valence-electron chi connectivity index (χ3n) is 4.93. The normalized spacial score (nSPS) is 10.7. The number of hydrogen-bond donors (Lipinski definition) is 2. The zero-order chi connectivity index (χ0) is 23.8. The number of rotatable bonds is 10. The fourth-order valence-electron chi connectivity index (χ4n) is 3.43. The maximum atomic E-state index is 12.4. The highest BCUT2D eigenvalue weighted by atomic mass is 32.2. The summed E-state index contributed by atoms with van der Waals surface area (Å²) >= 11 is 1.35. The summed E-state index contributed by atoms with van der Waals surface area (Å²) in [4.78, 5) is 24.7. The highest BCUT2D eigenvalue weighted by Crippen LogP contribution is 2.19. The number of methoxy groups -OCH3 is 1. The molecule has 0 aliphatic heterocycles. The minimum Gasteiger partial charge on any atom is -0.497 e. The quantitative estimate of drug-likeness (QED) is 0.442. The van der Waals surface area contributed by atoms with E-state index in [1.807, 2.05) is 37.5 Å². The number of amides is 2. The highest BCUT2D eigenvalue weighted by Gasteiger charge is 2.14. The van der Waals surface area contributed by atoms with Gasteiger partial charge in [-0.3, -0.25) is 9.59 Å². The van der Waals surface area contributed by atoms with Crippen LogP contribution >= 0.6 is 11.8 Å². The largest absolute Gasteiger partial charge is 0.497 e. The minimum absolute atomic E-state index is 0.0936. The van der Waals surface area contributed by atoms with Crippen LogP contribution in [0.15, 0.2) is 47.6 Å². The van der Waals surface area contributed by atoms with E-state index in [4.69, 9.17) is 4.74 Å². The summed E-state index contributed by atoms with van der Waals surface area (Å²) < 4.78 is 7.08. The molecule has 2 aromatic carbocycles. The third-order valence-corrected chi connectivity index (χ3v) is 5.90. The lowest BCUT2D eigenvalue weighted by Gasteiger charge is -2.09. The summed E-state index contributed by atoms with van der Waals surface area (Å²) in [6.07, 6.45) is 0.540. The molecule has 3 aromatic rings. The molecule has 0 bridgehead atoms. The second-order valence-corrected chi connectivity index (χ2v) is 8.53. The van der Waals surface area contributed by atoms with Gasteiger partial charge in [-0.05, 0) is 68.3 Å². The molecular weight excluding hydrogens is 438 g/mol. The van der Waals surface area contributed by atoms with E-state index in [9.17, 15) is 9.59 Å². The van der Waals surface area contributed by atoms with Gasteiger partial charge in [-0.1, -0.05) is 17.8 Å². The highest BCUT2D eigenvalue weighted by molar-refractivity contribution is 7.99. The van der Waals surface area contributed by atoms with E-state index in [1.165, 1.54) is 11.8 Å². The van der Waals surface area contributed by atoms with E-state index in [2.05, 4.69) is 26.9 Å². The Labute approximate surface area is 198 Å². The molecule has 1 aromatic heterocycles. The maximum Gasteiger partial charge on any atom is 0.251 e. The Hall–Kier alpha value is -3.33. The molecule has 9 heteroatoms. The van der Waals surface area contributed by atoms with Gasteiger partial charge in [0, 0.05) is 30.8 Å². The molecule has 8 nitrogen and oxygen atoms in total. The van der Waals surface area contributed by atoms with Crippen LogP contribution < -0.4 is 15.4 Å². The molecule has 2 N–H and O–H groups in total. The van der Waals surface area contributed by atoms with Gasteiger partial charge in [-0.15, -0.1) is 10.2 Å². The summed E-state index contributed by atoms with van der Waals surface area (Å²) in [5.41, 5.74) is 3.57. The van der Waals surface area contributed by atoms with Crippen LogP contribution in [0.1, 0.15) is 34.2 Å². The number of ether oxygens (including phenoxy) is 1. The summed E-state index contributed by atoms with van der Waals surface area (Å²) in [7, 11) is 1.59. The van der Waals surface area contributed by atoms with Crippen molar-refractivity contribution in [1.29, 1.82) is 0 Å². The number of anilines is 1.